The molecule has 0 aromatic carbocycles. The Kier molecular flexibility index (Phi) is 11.7. The molecule has 1 rings (SSSR count). The first-order valence-electron chi connectivity index (χ1n) is 9.01. The molecule has 2 N–H and O–H groups in total. The first kappa shape index (κ1) is 23.0. The van der Waals surface area contributed by atoms with E-state index in [9.17, 15) is 4.21 Å². The van der Waals surface area contributed by atoms with Gasteiger partial charge in [-0.2, -0.15) is 15.0 Å². The number of hydrogen-bond acceptors (Lipinski definition) is 8. The van der Waals surface area contributed by atoms with E-state index < -0.39 is 11.1 Å². The van der Waals surface area contributed by atoms with Gasteiger partial charge in [0.15, 0.2) is 11.1 Å². The lowest BCUT2D eigenvalue weighted by molar-refractivity contribution is 0.338. The Morgan fingerprint density at radius 2 is 2.04 bits per heavy atom. The summed E-state index contributed by atoms with van der Waals surface area (Å²) in [6, 6.07) is 0. The van der Waals surface area contributed by atoms with Crippen molar-refractivity contribution in [3.63, 3.8) is 0 Å². The minimum atomic E-state index is -1.31. The summed E-state index contributed by atoms with van der Waals surface area (Å²) in [7, 11) is 1.82. The summed E-state index contributed by atoms with van der Waals surface area (Å²) in [6.07, 6.45) is 1.93. The summed E-state index contributed by atoms with van der Waals surface area (Å²) in [5, 5.41) is 6.59. The van der Waals surface area contributed by atoms with Crippen LogP contribution in [0.3, 0.4) is 0 Å². The molecule has 0 aliphatic heterocycles. The van der Waals surface area contributed by atoms with Gasteiger partial charge in [0.05, 0.1) is 12.4 Å². The third-order valence-corrected chi connectivity index (χ3v) is 4.50. The van der Waals surface area contributed by atoms with Crippen LogP contribution >= 0.6 is 11.6 Å². The molecule has 26 heavy (non-hydrogen) atoms. The highest BCUT2D eigenvalue weighted by Crippen LogP contribution is 2.12. The maximum absolute atomic E-state index is 11.8. The molecule has 0 fully saturated rings. The number of nitrogens with zero attached hydrogens (tertiary/aromatic N) is 4. The van der Waals surface area contributed by atoms with E-state index >= 15 is 0 Å². The van der Waals surface area contributed by atoms with Crippen molar-refractivity contribution in [2.45, 2.75) is 33.6 Å². The first-order chi connectivity index (χ1) is 12.4. The zero-order valence-corrected chi connectivity index (χ0v) is 17.7. The lowest BCUT2D eigenvalue weighted by atomic mass is 10.2. The van der Waals surface area contributed by atoms with Crippen LogP contribution < -0.4 is 15.5 Å². The highest BCUT2D eigenvalue weighted by atomic mass is 35.5. The molecule has 1 atom stereocenters. The van der Waals surface area contributed by atoms with E-state index in [0.717, 1.165) is 25.9 Å². The van der Waals surface area contributed by atoms with E-state index in [1.165, 1.54) is 0 Å². The fourth-order valence-corrected chi connectivity index (χ4v) is 2.91. The Hall–Kier alpha value is -1.03. The standard InChI is InChI=1S/C16H31ClN6O2S/c1-5-6-10-25-26(24)11-9-23(4)16-21-14(17)20-15(22-16)19-8-7-18-12-13(2)3/h13,18H,5-12H2,1-4H3,(H,19,20,21,22). The van der Waals surface area contributed by atoms with Crippen LogP contribution in [-0.2, 0) is 15.3 Å². The predicted octanol–water partition coefficient (Wildman–Crippen LogP) is 2.10. The number of anilines is 2. The minimum absolute atomic E-state index is 0.125. The molecular weight excluding hydrogens is 376 g/mol. The molecule has 0 aliphatic carbocycles. The van der Waals surface area contributed by atoms with Crippen LogP contribution in [0.15, 0.2) is 0 Å². The third kappa shape index (κ3) is 10.2. The quantitative estimate of drug-likeness (QED) is 0.454. The molecule has 150 valence electrons. The van der Waals surface area contributed by atoms with Crippen LogP contribution in [0.1, 0.15) is 33.6 Å². The molecule has 0 radical (unpaired) electrons. The Labute approximate surface area is 164 Å². The van der Waals surface area contributed by atoms with Gasteiger partial charge in [-0.3, -0.25) is 4.18 Å². The van der Waals surface area contributed by atoms with E-state index in [-0.39, 0.29) is 5.28 Å². The van der Waals surface area contributed by atoms with Gasteiger partial charge in [0.2, 0.25) is 17.2 Å². The van der Waals surface area contributed by atoms with Crippen LogP contribution in [0, 0.1) is 5.92 Å². The summed E-state index contributed by atoms with van der Waals surface area (Å²) in [6.45, 7) is 9.86. The van der Waals surface area contributed by atoms with Crippen molar-refractivity contribution in [3.05, 3.63) is 5.28 Å². The lowest BCUT2D eigenvalue weighted by Crippen LogP contribution is -2.28. The number of halogens is 1. The second kappa shape index (κ2) is 13.2. The predicted molar refractivity (Wildman–Crippen MR) is 108 cm³/mol. The Bertz CT molecular complexity index is 549. The second-order valence-corrected chi connectivity index (χ2v) is 7.95. The Balaban J connectivity index is 2.45. The molecule has 0 aliphatic rings. The van der Waals surface area contributed by atoms with Gasteiger partial charge in [-0.25, -0.2) is 4.21 Å². The monoisotopic (exact) mass is 406 g/mol. The first-order valence-corrected chi connectivity index (χ1v) is 10.6. The topological polar surface area (TPSA) is 92.3 Å². The molecule has 8 nitrogen and oxygen atoms in total. The highest BCUT2D eigenvalue weighted by molar-refractivity contribution is 7.80. The Morgan fingerprint density at radius 1 is 1.27 bits per heavy atom. The van der Waals surface area contributed by atoms with Crippen molar-refractivity contribution in [1.29, 1.82) is 0 Å². The van der Waals surface area contributed by atoms with Gasteiger partial charge < -0.3 is 15.5 Å². The van der Waals surface area contributed by atoms with Crippen molar-refractivity contribution in [2.75, 3.05) is 55.8 Å². The van der Waals surface area contributed by atoms with Gasteiger partial charge in [-0.05, 0) is 30.5 Å². The van der Waals surface area contributed by atoms with Crippen LogP contribution in [0.5, 0.6) is 0 Å². The molecule has 1 aromatic rings. The van der Waals surface area contributed by atoms with Crippen LogP contribution in [0.4, 0.5) is 11.9 Å². The summed E-state index contributed by atoms with van der Waals surface area (Å²) < 4.78 is 17.1. The Morgan fingerprint density at radius 3 is 2.73 bits per heavy atom. The van der Waals surface area contributed by atoms with E-state index in [1.807, 2.05) is 7.05 Å². The normalized spacial score (nSPS) is 12.4. The summed E-state index contributed by atoms with van der Waals surface area (Å²) in [5.74, 6) is 1.86. The van der Waals surface area contributed by atoms with Crippen molar-refractivity contribution in [2.24, 2.45) is 5.92 Å². The second-order valence-electron chi connectivity index (χ2n) is 6.36. The largest absolute Gasteiger partial charge is 0.353 e. The molecule has 0 saturated heterocycles. The van der Waals surface area contributed by atoms with Crippen LogP contribution in [0.25, 0.3) is 0 Å². The van der Waals surface area contributed by atoms with Crippen LogP contribution in [-0.4, -0.2) is 64.7 Å². The molecule has 1 heterocycles. The van der Waals surface area contributed by atoms with Crippen molar-refractivity contribution in [3.8, 4) is 0 Å². The van der Waals surface area contributed by atoms with Gasteiger partial charge >= 0.3 is 0 Å². The number of unbranched alkanes of at least 4 members (excludes halogenated alkanes) is 1. The van der Waals surface area contributed by atoms with Gasteiger partial charge in [-0.15, -0.1) is 0 Å². The molecular formula is C16H31ClN6O2S. The van der Waals surface area contributed by atoms with E-state index in [4.69, 9.17) is 15.8 Å². The summed E-state index contributed by atoms with van der Waals surface area (Å²) >= 11 is 4.69. The smallest absolute Gasteiger partial charge is 0.231 e. The fraction of sp³-hybridized carbons (Fsp3) is 0.812. The van der Waals surface area contributed by atoms with Gasteiger partial charge in [0, 0.05) is 26.7 Å². The zero-order valence-electron chi connectivity index (χ0n) is 16.1. The zero-order chi connectivity index (χ0) is 19.4. The van der Waals surface area contributed by atoms with Crippen molar-refractivity contribution in [1.82, 2.24) is 20.3 Å². The molecule has 0 amide bonds. The highest BCUT2D eigenvalue weighted by Gasteiger charge is 2.11. The van der Waals surface area contributed by atoms with Crippen molar-refractivity contribution < 1.29 is 8.39 Å². The number of nitrogens with one attached hydrogen (secondary N) is 2. The van der Waals surface area contributed by atoms with Crippen LogP contribution in [0.2, 0.25) is 5.28 Å². The maximum Gasteiger partial charge on any atom is 0.231 e. The van der Waals surface area contributed by atoms with Gasteiger partial charge in [0.1, 0.15) is 0 Å². The molecule has 0 bridgehead atoms. The molecule has 1 aromatic heterocycles. The minimum Gasteiger partial charge on any atom is -0.353 e. The van der Waals surface area contributed by atoms with E-state index in [2.05, 4.69) is 46.4 Å². The SMILES string of the molecule is CCCCOS(=O)CCN(C)c1nc(Cl)nc(NCCNCC(C)C)n1. The number of aromatic nitrogens is 3. The average Bonchev–Trinajstić information content (AvgIpc) is 2.59. The maximum atomic E-state index is 11.8. The molecule has 0 spiro atoms. The lowest BCUT2D eigenvalue weighted by Gasteiger charge is -2.17. The van der Waals surface area contributed by atoms with E-state index in [0.29, 0.717) is 43.3 Å². The van der Waals surface area contributed by atoms with E-state index in [1.54, 1.807) is 4.90 Å². The average molecular weight is 407 g/mol. The van der Waals surface area contributed by atoms with Crippen molar-refractivity contribution >= 4 is 34.6 Å². The third-order valence-electron chi connectivity index (χ3n) is 3.38. The van der Waals surface area contributed by atoms with Gasteiger partial charge in [-0.1, -0.05) is 27.2 Å². The van der Waals surface area contributed by atoms with Gasteiger partial charge in [0.25, 0.3) is 0 Å². The molecule has 0 saturated carbocycles. The molecule has 1 unspecified atom stereocenters. The molecule has 10 heteroatoms. The number of rotatable bonds is 14. The number of hydrogen-bond donors (Lipinski definition) is 2. The summed E-state index contributed by atoms with van der Waals surface area (Å²) in [5.41, 5.74) is 0. The summed E-state index contributed by atoms with van der Waals surface area (Å²) in [4.78, 5) is 14.4. The fourth-order valence-electron chi connectivity index (χ4n) is 1.91.